The number of alkyl halides is 3. The van der Waals surface area contributed by atoms with Crippen LogP contribution in [0.15, 0.2) is 22.7 Å². The minimum Gasteiger partial charge on any atom is -0.395 e. The molecule has 0 aromatic heterocycles. The lowest BCUT2D eigenvalue weighted by molar-refractivity contribution is -0.119. The summed E-state index contributed by atoms with van der Waals surface area (Å²) in [5, 5.41) is 8.87. The predicted octanol–water partition coefficient (Wildman–Crippen LogP) is 2.83. The minimum absolute atomic E-state index is 0.0799. The van der Waals surface area contributed by atoms with Gasteiger partial charge in [-0.15, -0.1) is 0 Å². The van der Waals surface area contributed by atoms with Gasteiger partial charge in [-0.3, -0.25) is 0 Å². The van der Waals surface area contributed by atoms with Crippen LogP contribution in [0.4, 0.5) is 18.9 Å². The van der Waals surface area contributed by atoms with Crippen molar-refractivity contribution in [3.05, 3.63) is 28.2 Å². The maximum atomic E-state index is 12.5. The van der Waals surface area contributed by atoms with Crippen LogP contribution < -0.4 is 10.6 Å². The number of hydrogen-bond acceptors (Lipinski definition) is 3. The molecule has 0 saturated carbocycles. The molecule has 0 amide bonds. The van der Waals surface area contributed by atoms with Crippen LogP contribution in [-0.2, 0) is 0 Å². The molecule has 0 aliphatic carbocycles. The number of aliphatic hydroxyl groups excluding tert-OH is 1. The van der Waals surface area contributed by atoms with E-state index in [1.807, 2.05) is 0 Å². The van der Waals surface area contributed by atoms with Gasteiger partial charge in [0.1, 0.15) is 6.54 Å². The second-order valence-electron chi connectivity index (χ2n) is 4.25. The van der Waals surface area contributed by atoms with Crippen LogP contribution in [0.1, 0.15) is 18.5 Å². The summed E-state index contributed by atoms with van der Waals surface area (Å²) in [5.41, 5.74) is 6.95. The van der Waals surface area contributed by atoms with E-state index in [9.17, 15) is 13.2 Å². The molecule has 19 heavy (non-hydrogen) atoms. The Kier molecular flexibility index (Phi) is 5.64. The lowest BCUT2D eigenvalue weighted by Crippen LogP contribution is -2.36. The molecule has 3 N–H and O–H groups in total. The summed E-state index contributed by atoms with van der Waals surface area (Å²) in [4.78, 5) is 1.08. The van der Waals surface area contributed by atoms with Gasteiger partial charge in [0, 0.05) is 22.7 Å². The summed E-state index contributed by atoms with van der Waals surface area (Å²) in [7, 11) is 0. The fourth-order valence-electron chi connectivity index (χ4n) is 1.72. The van der Waals surface area contributed by atoms with E-state index in [1.165, 1.54) is 0 Å². The molecule has 0 saturated heterocycles. The third kappa shape index (κ3) is 5.00. The monoisotopic (exact) mass is 340 g/mol. The summed E-state index contributed by atoms with van der Waals surface area (Å²) in [6, 6.07) is 4.63. The van der Waals surface area contributed by atoms with E-state index in [4.69, 9.17) is 10.8 Å². The lowest BCUT2D eigenvalue weighted by Gasteiger charge is -2.26. The molecule has 3 nitrogen and oxygen atoms in total. The Morgan fingerprint density at radius 3 is 2.47 bits per heavy atom. The average molecular weight is 341 g/mol. The van der Waals surface area contributed by atoms with E-state index in [2.05, 4.69) is 15.9 Å². The van der Waals surface area contributed by atoms with Gasteiger partial charge in [-0.2, -0.15) is 13.2 Å². The Morgan fingerprint density at radius 1 is 1.42 bits per heavy atom. The van der Waals surface area contributed by atoms with Crippen molar-refractivity contribution in [2.45, 2.75) is 19.1 Å². The number of nitrogens with zero attached hydrogens (tertiary/aromatic N) is 1. The summed E-state index contributed by atoms with van der Waals surface area (Å²) in [6.07, 6.45) is -4.32. The van der Waals surface area contributed by atoms with Crippen molar-refractivity contribution in [1.82, 2.24) is 0 Å². The molecule has 0 spiro atoms. The topological polar surface area (TPSA) is 49.5 Å². The zero-order chi connectivity index (χ0) is 14.6. The van der Waals surface area contributed by atoms with Gasteiger partial charge in [-0.25, -0.2) is 0 Å². The standard InChI is InChI=1S/C12H16BrF3N2O/c1-8(17)10-3-2-9(6-11(10)13)18(4-5-19)7-12(14,15)16/h2-3,6,8,19H,4-5,7,17H2,1H3/t8-/m1/s1. The van der Waals surface area contributed by atoms with Gasteiger partial charge in [0.05, 0.1) is 6.61 Å². The first-order valence-electron chi connectivity index (χ1n) is 5.72. The largest absolute Gasteiger partial charge is 0.405 e. The molecule has 0 fully saturated rings. The Balaban J connectivity index is 3.00. The van der Waals surface area contributed by atoms with E-state index in [1.54, 1.807) is 25.1 Å². The van der Waals surface area contributed by atoms with Gasteiger partial charge in [0.15, 0.2) is 0 Å². The minimum atomic E-state index is -4.32. The van der Waals surface area contributed by atoms with Gasteiger partial charge in [0.25, 0.3) is 0 Å². The maximum absolute atomic E-state index is 12.5. The SMILES string of the molecule is C[C@@H](N)c1ccc(N(CCO)CC(F)(F)F)cc1Br. The van der Waals surface area contributed by atoms with E-state index in [0.717, 1.165) is 10.5 Å². The fourth-order valence-corrected chi connectivity index (χ4v) is 2.45. The fraction of sp³-hybridized carbons (Fsp3) is 0.500. The summed E-state index contributed by atoms with van der Waals surface area (Å²) >= 11 is 3.30. The van der Waals surface area contributed by atoms with Gasteiger partial charge in [-0.1, -0.05) is 22.0 Å². The first kappa shape index (κ1) is 16.3. The highest BCUT2D eigenvalue weighted by atomic mass is 79.9. The molecular weight excluding hydrogens is 325 g/mol. The zero-order valence-electron chi connectivity index (χ0n) is 10.4. The van der Waals surface area contributed by atoms with Crippen molar-refractivity contribution in [2.24, 2.45) is 5.73 Å². The Morgan fingerprint density at radius 2 is 2.05 bits per heavy atom. The van der Waals surface area contributed by atoms with Crippen molar-refractivity contribution < 1.29 is 18.3 Å². The highest BCUT2D eigenvalue weighted by molar-refractivity contribution is 9.10. The highest BCUT2D eigenvalue weighted by Gasteiger charge is 2.30. The molecule has 1 rings (SSSR count). The Labute approximate surface area is 118 Å². The van der Waals surface area contributed by atoms with Gasteiger partial charge in [-0.05, 0) is 24.6 Å². The molecule has 0 aliphatic rings. The smallest absolute Gasteiger partial charge is 0.395 e. The number of benzene rings is 1. The van der Waals surface area contributed by atoms with Gasteiger partial charge < -0.3 is 15.7 Å². The van der Waals surface area contributed by atoms with Crippen LogP contribution in [0.3, 0.4) is 0 Å². The molecular formula is C12H16BrF3N2O. The predicted molar refractivity (Wildman–Crippen MR) is 72.1 cm³/mol. The molecule has 0 aliphatic heterocycles. The molecule has 7 heteroatoms. The molecule has 0 bridgehead atoms. The third-order valence-corrected chi connectivity index (χ3v) is 3.27. The number of aliphatic hydroxyl groups is 1. The Hall–Kier alpha value is -0.790. The van der Waals surface area contributed by atoms with E-state index < -0.39 is 12.7 Å². The number of halogens is 4. The van der Waals surface area contributed by atoms with Gasteiger partial charge in [0.2, 0.25) is 0 Å². The third-order valence-electron chi connectivity index (χ3n) is 2.58. The van der Waals surface area contributed by atoms with Gasteiger partial charge >= 0.3 is 6.18 Å². The first-order chi connectivity index (χ1) is 8.74. The number of rotatable bonds is 5. The molecule has 1 atom stereocenters. The van der Waals surface area contributed by atoms with Crippen LogP contribution in [0.2, 0.25) is 0 Å². The molecule has 0 radical (unpaired) electrons. The van der Waals surface area contributed by atoms with E-state index >= 15 is 0 Å². The quantitative estimate of drug-likeness (QED) is 0.866. The maximum Gasteiger partial charge on any atom is 0.405 e. The lowest BCUT2D eigenvalue weighted by atomic mass is 10.1. The highest BCUT2D eigenvalue weighted by Crippen LogP contribution is 2.29. The number of nitrogens with two attached hydrogens (primary N) is 1. The van der Waals surface area contributed by atoms with Crippen LogP contribution in [0.25, 0.3) is 0 Å². The zero-order valence-corrected chi connectivity index (χ0v) is 12.0. The van der Waals surface area contributed by atoms with Crippen LogP contribution >= 0.6 is 15.9 Å². The van der Waals surface area contributed by atoms with E-state index in [-0.39, 0.29) is 19.2 Å². The van der Waals surface area contributed by atoms with Crippen molar-refractivity contribution in [1.29, 1.82) is 0 Å². The number of anilines is 1. The normalized spacial score (nSPS) is 13.4. The van der Waals surface area contributed by atoms with Crippen molar-refractivity contribution >= 4 is 21.6 Å². The van der Waals surface area contributed by atoms with Crippen LogP contribution in [-0.4, -0.2) is 31.0 Å². The average Bonchev–Trinajstić information content (AvgIpc) is 2.26. The molecule has 1 aromatic rings. The molecule has 108 valence electrons. The second-order valence-corrected chi connectivity index (χ2v) is 5.11. The molecule has 0 heterocycles. The van der Waals surface area contributed by atoms with Crippen LogP contribution in [0.5, 0.6) is 0 Å². The molecule has 0 unspecified atom stereocenters. The summed E-state index contributed by atoms with van der Waals surface area (Å²) in [5.74, 6) is 0. The molecule has 1 aromatic carbocycles. The number of hydrogen-bond donors (Lipinski definition) is 2. The Bertz CT molecular complexity index is 424. The van der Waals surface area contributed by atoms with Crippen molar-refractivity contribution in [2.75, 3.05) is 24.6 Å². The van der Waals surface area contributed by atoms with Crippen molar-refractivity contribution in [3.63, 3.8) is 0 Å². The van der Waals surface area contributed by atoms with Crippen molar-refractivity contribution in [3.8, 4) is 0 Å². The van der Waals surface area contributed by atoms with E-state index in [0.29, 0.717) is 10.2 Å². The first-order valence-corrected chi connectivity index (χ1v) is 6.51. The second kappa shape index (κ2) is 6.58. The summed E-state index contributed by atoms with van der Waals surface area (Å²) in [6.45, 7) is 0.269. The van der Waals surface area contributed by atoms with Crippen LogP contribution in [0, 0.1) is 0 Å². The summed E-state index contributed by atoms with van der Waals surface area (Å²) < 4.78 is 38.1.